The van der Waals surface area contributed by atoms with Gasteiger partial charge in [0, 0.05) is 20.6 Å². The van der Waals surface area contributed by atoms with Gasteiger partial charge in [0.2, 0.25) is 5.91 Å². The van der Waals surface area contributed by atoms with E-state index < -0.39 is 0 Å². The van der Waals surface area contributed by atoms with Crippen molar-refractivity contribution in [3.05, 3.63) is 65.2 Å². The Morgan fingerprint density at radius 3 is 2.48 bits per heavy atom. The molecular weight excluding hydrogens is 340 g/mol. The van der Waals surface area contributed by atoms with Gasteiger partial charge in [-0.2, -0.15) is 0 Å². The fraction of sp³-hybridized carbons (Fsp3) is 0.333. The summed E-state index contributed by atoms with van der Waals surface area (Å²) in [4.78, 5) is 18.1. The predicted octanol–water partition coefficient (Wildman–Crippen LogP) is 2.33. The Balaban J connectivity index is 2.08. The van der Waals surface area contributed by atoms with Crippen molar-refractivity contribution in [2.75, 3.05) is 27.7 Å². The lowest BCUT2D eigenvalue weighted by Gasteiger charge is -2.15. The molecule has 1 amide bonds. The molecule has 2 rings (SSSR count). The lowest BCUT2D eigenvalue weighted by molar-refractivity contribution is -0.127. The molecule has 0 saturated heterocycles. The van der Waals surface area contributed by atoms with Crippen molar-refractivity contribution < 1.29 is 9.53 Å². The van der Waals surface area contributed by atoms with Gasteiger partial charge in [0.25, 0.3) is 0 Å². The maximum atomic E-state index is 11.9. The smallest absolute Gasteiger partial charge is 0.241 e. The van der Waals surface area contributed by atoms with Crippen LogP contribution >= 0.6 is 0 Å². The number of ether oxygens (including phenoxy) is 1. The zero-order valence-electron chi connectivity index (χ0n) is 16.5. The lowest BCUT2D eigenvalue weighted by Crippen LogP contribution is -2.42. The second kappa shape index (κ2) is 10.2. The molecule has 0 radical (unpaired) electrons. The second-order valence-corrected chi connectivity index (χ2v) is 6.50. The number of hydrogen-bond acceptors (Lipinski definition) is 3. The average molecular weight is 368 g/mol. The van der Waals surface area contributed by atoms with E-state index in [1.807, 2.05) is 49.4 Å². The minimum atomic E-state index is -0.0126. The highest BCUT2D eigenvalue weighted by Gasteiger charge is 2.06. The van der Waals surface area contributed by atoms with E-state index in [1.54, 1.807) is 26.1 Å². The Kier molecular flexibility index (Phi) is 7.67. The number of aryl methyl sites for hydroxylation is 1. The summed E-state index contributed by atoms with van der Waals surface area (Å²) in [5.74, 6) is 1.39. The van der Waals surface area contributed by atoms with Crippen molar-refractivity contribution in [2.24, 2.45) is 4.99 Å². The summed E-state index contributed by atoms with van der Waals surface area (Å²) in [5.41, 5.74) is 3.31. The van der Waals surface area contributed by atoms with Crippen LogP contribution < -0.4 is 15.4 Å². The number of aliphatic imine (C=N–C) groups is 1. The molecule has 0 aliphatic carbocycles. The van der Waals surface area contributed by atoms with E-state index >= 15 is 0 Å². The van der Waals surface area contributed by atoms with Crippen LogP contribution in [0.4, 0.5) is 0 Å². The number of nitrogens with one attached hydrogen (secondary N) is 2. The molecule has 0 bridgehead atoms. The molecule has 0 heterocycles. The van der Waals surface area contributed by atoms with Crippen LogP contribution in [0.5, 0.6) is 5.75 Å². The maximum Gasteiger partial charge on any atom is 0.241 e. The molecule has 2 N–H and O–H groups in total. The molecule has 6 heteroatoms. The van der Waals surface area contributed by atoms with Crippen LogP contribution in [0, 0.1) is 6.92 Å². The maximum absolute atomic E-state index is 11.9. The van der Waals surface area contributed by atoms with Crippen molar-refractivity contribution in [1.82, 2.24) is 15.5 Å². The summed E-state index contributed by atoms with van der Waals surface area (Å²) in [5, 5.41) is 6.38. The SMILES string of the molecule is COc1cc(C)cc(CN=C(NCC(=O)N(C)C)NCc2ccccc2)c1. The molecular formula is C21H28N4O2. The first-order valence-electron chi connectivity index (χ1n) is 8.88. The zero-order chi connectivity index (χ0) is 19.6. The van der Waals surface area contributed by atoms with Crippen LogP contribution in [0.15, 0.2) is 53.5 Å². The van der Waals surface area contributed by atoms with Crippen LogP contribution in [0.1, 0.15) is 16.7 Å². The van der Waals surface area contributed by atoms with E-state index in [9.17, 15) is 4.79 Å². The van der Waals surface area contributed by atoms with Crippen LogP contribution in [-0.4, -0.2) is 44.5 Å². The molecule has 0 saturated carbocycles. The molecule has 2 aromatic carbocycles. The third kappa shape index (κ3) is 7.01. The second-order valence-electron chi connectivity index (χ2n) is 6.50. The van der Waals surface area contributed by atoms with Gasteiger partial charge in [-0.1, -0.05) is 36.4 Å². The molecule has 0 spiro atoms. The number of benzene rings is 2. The quantitative estimate of drug-likeness (QED) is 0.581. The minimum Gasteiger partial charge on any atom is -0.497 e. The van der Waals surface area contributed by atoms with Crippen LogP contribution in [-0.2, 0) is 17.9 Å². The number of amides is 1. The summed E-state index contributed by atoms with van der Waals surface area (Å²) in [7, 11) is 5.12. The van der Waals surface area contributed by atoms with Gasteiger partial charge in [0.1, 0.15) is 5.75 Å². The molecule has 0 fully saturated rings. The van der Waals surface area contributed by atoms with Crippen LogP contribution in [0.2, 0.25) is 0 Å². The zero-order valence-corrected chi connectivity index (χ0v) is 16.5. The predicted molar refractivity (Wildman–Crippen MR) is 109 cm³/mol. The van der Waals surface area contributed by atoms with Gasteiger partial charge in [-0.25, -0.2) is 4.99 Å². The van der Waals surface area contributed by atoms with Crippen LogP contribution in [0.3, 0.4) is 0 Å². The Bertz CT molecular complexity index is 773. The number of guanidine groups is 1. The van der Waals surface area contributed by atoms with E-state index in [2.05, 4.69) is 21.7 Å². The number of carbonyl (C=O) groups excluding carboxylic acids is 1. The monoisotopic (exact) mass is 368 g/mol. The highest BCUT2D eigenvalue weighted by molar-refractivity contribution is 5.86. The molecule has 0 atom stereocenters. The Hall–Kier alpha value is -3.02. The van der Waals surface area contributed by atoms with E-state index in [-0.39, 0.29) is 12.5 Å². The summed E-state index contributed by atoms with van der Waals surface area (Å²) >= 11 is 0. The summed E-state index contributed by atoms with van der Waals surface area (Å²) in [6.07, 6.45) is 0. The first-order chi connectivity index (χ1) is 13.0. The molecule has 2 aromatic rings. The fourth-order valence-corrected chi connectivity index (χ4v) is 2.48. The lowest BCUT2D eigenvalue weighted by atomic mass is 10.1. The summed E-state index contributed by atoms with van der Waals surface area (Å²) in [6, 6.07) is 16.1. The molecule has 6 nitrogen and oxygen atoms in total. The highest BCUT2D eigenvalue weighted by atomic mass is 16.5. The summed E-state index contributed by atoms with van der Waals surface area (Å²) in [6.45, 7) is 3.32. The number of rotatable bonds is 7. The number of hydrogen-bond donors (Lipinski definition) is 2. The van der Waals surface area contributed by atoms with Crippen molar-refractivity contribution in [2.45, 2.75) is 20.0 Å². The van der Waals surface area contributed by atoms with Crippen molar-refractivity contribution >= 4 is 11.9 Å². The Morgan fingerprint density at radius 1 is 1.07 bits per heavy atom. The summed E-state index contributed by atoms with van der Waals surface area (Å²) < 4.78 is 5.32. The topological polar surface area (TPSA) is 66.0 Å². The van der Waals surface area contributed by atoms with Crippen molar-refractivity contribution in [1.29, 1.82) is 0 Å². The number of methoxy groups -OCH3 is 1. The third-order valence-electron chi connectivity index (χ3n) is 3.97. The number of carbonyl (C=O) groups is 1. The van der Waals surface area contributed by atoms with Gasteiger partial charge in [-0.3, -0.25) is 4.79 Å². The standard InChI is InChI=1S/C21H28N4O2/c1-16-10-18(12-19(11-16)27-4)14-23-21(24-15-20(26)25(2)3)22-13-17-8-6-5-7-9-17/h5-12H,13-15H2,1-4H3,(H2,22,23,24). The van der Waals surface area contributed by atoms with E-state index in [4.69, 9.17) is 4.74 Å². The van der Waals surface area contributed by atoms with Gasteiger partial charge < -0.3 is 20.3 Å². The first kappa shape index (κ1) is 20.3. The molecule has 144 valence electrons. The third-order valence-corrected chi connectivity index (χ3v) is 3.97. The van der Waals surface area contributed by atoms with Gasteiger partial charge in [-0.05, 0) is 35.7 Å². The van der Waals surface area contributed by atoms with Gasteiger partial charge in [0.15, 0.2) is 5.96 Å². The number of likely N-dealkylation sites (N-methyl/N-ethyl adjacent to an activating group) is 1. The van der Waals surface area contributed by atoms with E-state index in [0.29, 0.717) is 19.0 Å². The van der Waals surface area contributed by atoms with E-state index in [1.165, 1.54) is 0 Å². The first-order valence-corrected chi connectivity index (χ1v) is 8.88. The minimum absolute atomic E-state index is 0.0126. The van der Waals surface area contributed by atoms with Gasteiger partial charge in [-0.15, -0.1) is 0 Å². The highest BCUT2D eigenvalue weighted by Crippen LogP contribution is 2.17. The molecule has 0 aliphatic heterocycles. The Morgan fingerprint density at radius 2 is 1.81 bits per heavy atom. The Labute approximate surface area is 161 Å². The van der Waals surface area contributed by atoms with Gasteiger partial charge in [0.05, 0.1) is 20.2 Å². The van der Waals surface area contributed by atoms with Crippen LogP contribution in [0.25, 0.3) is 0 Å². The largest absolute Gasteiger partial charge is 0.497 e. The molecule has 0 unspecified atom stereocenters. The van der Waals surface area contributed by atoms with E-state index in [0.717, 1.165) is 22.4 Å². The average Bonchev–Trinajstić information content (AvgIpc) is 2.67. The van der Waals surface area contributed by atoms with Crippen molar-refractivity contribution in [3.63, 3.8) is 0 Å². The van der Waals surface area contributed by atoms with Gasteiger partial charge >= 0.3 is 0 Å². The normalized spacial score (nSPS) is 11.0. The molecule has 27 heavy (non-hydrogen) atoms. The molecule has 0 aliphatic rings. The molecule has 0 aromatic heterocycles. The fourth-order valence-electron chi connectivity index (χ4n) is 2.48. The number of nitrogens with zero attached hydrogens (tertiary/aromatic N) is 2. The van der Waals surface area contributed by atoms with Crippen molar-refractivity contribution in [3.8, 4) is 5.75 Å².